The maximum atomic E-state index is 8.42. The summed E-state index contributed by atoms with van der Waals surface area (Å²) in [6, 6.07) is 7.72. The van der Waals surface area contributed by atoms with Crippen molar-refractivity contribution in [3.63, 3.8) is 0 Å². The number of amidine groups is 1. The number of rotatable bonds is 8. The summed E-state index contributed by atoms with van der Waals surface area (Å²) in [6.07, 6.45) is 2.65. The lowest BCUT2D eigenvalue weighted by Gasteiger charge is -2.23. The Hall–Kier alpha value is -1.97. The molecule has 0 atom stereocenters. The van der Waals surface area contributed by atoms with Crippen LogP contribution in [0.1, 0.15) is 32.8 Å². The minimum Gasteiger partial charge on any atom is -0.500 e. The van der Waals surface area contributed by atoms with Gasteiger partial charge in [-0.3, -0.25) is 5.41 Å². The molecule has 4 nitrogen and oxygen atoms in total. The largest absolute Gasteiger partial charge is 0.500 e. The highest BCUT2D eigenvalue weighted by Crippen LogP contribution is 2.21. The maximum Gasteiger partial charge on any atom is 0.131 e. The molecule has 1 N–H and O–H groups in total. The first-order valence-corrected chi connectivity index (χ1v) is 7.47. The third-order valence-electron chi connectivity index (χ3n) is 3.26. The molecule has 0 aliphatic carbocycles. The predicted molar refractivity (Wildman–Crippen MR) is 87.9 cm³/mol. The quantitative estimate of drug-likeness (QED) is 0.343. The number of hydrogen-bond donors (Lipinski definition) is 1. The Bertz CT molecular complexity index is 462. The van der Waals surface area contributed by atoms with Crippen LogP contribution in [0.2, 0.25) is 0 Å². The lowest BCUT2D eigenvalue weighted by molar-refractivity contribution is 0.251. The fourth-order valence-corrected chi connectivity index (χ4v) is 2.00. The molecule has 0 saturated carbocycles. The Labute approximate surface area is 127 Å². The smallest absolute Gasteiger partial charge is 0.131 e. The van der Waals surface area contributed by atoms with Gasteiger partial charge in [-0.05, 0) is 38.0 Å². The van der Waals surface area contributed by atoms with E-state index < -0.39 is 0 Å². The third kappa shape index (κ3) is 4.81. The van der Waals surface area contributed by atoms with Gasteiger partial charge in [-0.2, -0.15) is 0 Å². The number of benzene rings is 1. The summed E-state index contributed by atoms with van der Waals surface area (Å²) >= 11 is 0. The molecule has 0 amide bonds. The van der Waals surface area contributed by atoms with Gasteiger partial charge in [0.25, 0.3) is 0 Å². The molecule has 0 radical (unpaired) electrons. The molecule has 0 saturated heterocycles. The molecule has 0 aliphatic rings. The Morgan fingerprint density at radius 3 is 2.24 bits per heavy atom. The van der Waals surface area contributed by atoms with Crippen molar-refractivity contribution in [3.8, 4) is 5.75 Å². The average molecular weight is 290 g/mol. The Kier molecular flexibility index (Phi) is 7.37. The van der Waals surface area contributed by atoms with Gasteiger partial charge in [0.1, 0.15) is 11.6 Å². The average Bonchev–Trinajstić information content (AvgIpc) is 2.53. The summed E-state index contributed by atoms with van der Waals surface area (Å²) in [7, 11) is 1.65. The van der Waals surface area contributed by atoms with Crippen LogP contribution in [0, 0.1) is 5.41 Å². The Morgan fingerprint density at radius 1 is 1.14 bits per heavy atom. The fraction of sp³-hybridized carbons (Fsp3) is 0.471. The van der Waals surface area contributed by atoms with Crippen molar-refractivity contribution in [2.45, 2.75) is 27.2 Å². The lowest BCUT2D eigenvalue weighted by atomic mass is 10.1. The summed E-state index contributed by atoms with van der Waals surface area (Å²) in [6.45, 7) is 8.43. The first kappa shape index (κ1) is 17.1. The summed E-state index contributed by atoms with van der Waals surface area (Å²) < 4.78 is 10.7. The highest BCUT2D eigenvalue weighted by atomic mass is 16.5. The zero-order valence-corrected chi connectivity index (χ0v) is 13.5. The lowest BCUT2D eigenvalue weighted by Crippen LogP contribution is -2.30. The molecule has 0 bridgehead atoms. The van der Waals surface area contributed by atoms with E-state index in [1.165, 1.54) is 0 Å². The van der Waals surface area contributed by atoms with Gasteiger partial charge < -0.3 is 14.4 Å². The fourth-order valence-electron chi connectivity index (χ4n) is 2.00. The van der Waals surface area contributed by atoms with Crippen LogP contribution in [-0.4, -0.2) is 37.5 Å². The Morgan fingerprint density at radius 2 is 1.76 bits per heavy atom. The van der Waals surface area contributed by atoms with Crippen LogP contribution in [-0.2, 0) is 4.74 Å². The molecule has 0 aromatic heterocycles. The van der Waals surface area contributed by atoms with E-state index in [2.05, 4.69) is 20.8 Å². The predicted octanol–water partition coefficient (Wildman–Crippen LogP) is 3.78. The highest BCUT2D eigenvalue weighted by molar-refractivity contribution is 6.20. The molecule has 4 heteroatoms. The zero-order chi connectivity index (χ0) is 15.7. The van der Waals surface area contributed by atoms with Gasteiger partial charge in [0.05, 0.1) is 25.6 Å². The molecule has 0 heterocycles. The molecule has 116 valence electrons. The molecule has 0 fully saturated rings. The van der Waals surface area contributed by atoms with Gasteiger partial charge in [0, 0.05) is 13.1 Å². The van der Waals surface area contributed by atoms with Crippen LogP contribution in [0.25, 0.3) is 5.57 Å². The summed E-state index contributed by atoms with van der Waals surface area (Å²) in [5.41, 5.74) is 1.76. The first-order chi connectivity index (χ1) is 10.2. The van der Waals surface area contributed by atoms with Gasteiger partial charge in [0.2, 0.25) is 0 Å². The zero-order valence-electron chi connectivity index (χ0n) is 13.5. The van der Waals surface area contributed by atoms with E-state index in [-0.39, 0.29) is 0 Å². The molecule has 1 rings (SSSR count). The molecule has 0 spiro atoms. The van der Waals surface area contributed by atoms with E-state index in [4.69, 9.17) is 14.9 Å². The van der Waals surface area contributed by atoms with Gasteiger partial charge in [0.15, 0.2) is 0 Å². The topological polar surface area (TPSA) is 45.5 Å². The summed E-state index contributed by atoms with van der Waals surface area (Å²) in [4.78, 5) is 2.01. The van der Waals surface area contributed by atoms with Crippen molar-refractivity contribution in [2.75, 3.05) is 26.8 Å². The van der Waals surface area contributed by atoms with Crippen molar-refractivity contribution in [1.82, 2.24) is 4.90 Å². The molecule has 0 unspecified atom stereocenters. The van der Waals surface area contributed by atoms with Crippen LogP contribution in [0.5, 0.6) is 5.75 Å². The number of ether oxygens (including phenoxy) is 2. The SMILES string of the molecule is CCCO/C=C(/C(=N)N(CC)CC)c1ccc(OC)cc1. The monoisotopic (exact) mass is 290 g/mol. The van der Waals surface area contributed by atoms with Crippen molar-refractivity contribution in [3.05, 3.63) is 36.1 Å². The van der Waals surface area contributed by atoms with E-state index in [0.29, 0.717) is 12.4 Å². The summed E-state index contributed by atoms with van der Waals surface area (Å²) in [5.74, 6) is 1.29. The van der Waals surface area contributed by atoms with Crippen LogP contribution in [0.15, 0.2) is 30.5 Å². The number of methoxy groups -OCH3 is 1. The van der Waals surface area contributed by atoms with Crippen molar-refractivity contribution < 1.29 is 9.47 Å². The van der Waals surface area contributed by atoms with Crippen LogP contribution < -0.4 is 4.74 Å². The second-order valence-corrected chi connectivity index (χ2v) is 4.65. The second kappa shape index (κ2) is 9.06. The molecule has 0 aliphatic heterocycles. The van der Waals surface area contributed by atoms with Crippen molar-refractivity contribution >= 4 is 11.4 Å². The van der Waals surface area contributed by atoms with Gasteiger partial charge in [-0.1, -0.05) is 19.1 Å². The first-order valence-electron chi connectivity index (χ1n) is 7.47. The molecular formula is C17H26N2O2. The van der Waals surface area contributed by atoms with E-state index in [1.54, 1.807) is 13.4 Å². The molecule has 1 aromatic rings. The Balaban J connectivity index is 3.05. The standard InChI is InChI=1S/C17H26N2O2/c1-5-12-21-13-16(17(18)19(6-2)7-3)14-8-10-15(20-4)11-9-14/h8-11,13,18H,5-7,12H2,1-4H3/b16-13+,18-17?. The van der Waals surface area contributed by atoms with E-state index >= 15 is 0 Å². The van der Waals surface area contributed by atoms with Crippen molar-refractivity contribution in [2.24, 2.45) is 0 Å². The molecule has 21 heavy (non-hydrogen) atoms. The van der Waals surface area contributed by atoms with Crippen LogP contribution in [0.4, 0.5) is 0 Å². The highest BCUT2D eigenvalue weighted by Gasteiger charge is 2.14. The maximum absolute atomic E-state index is 8.42. The van der Waals surface area contributed by atoms with Crippen LogP contribution in [0.3, 0.4) is 0 Å². The van der Waals surface area contributed by atoms with Crippen molar-refractivity contribution in [1.29, 1.82) is 5.41 Å². The normalized spacial score (nSPS) is 11.1. The number of nitrogens with zero attached hydrogens (tertiary/aromatic N) is 1. The van der Waals surface area contributed by atoms with E-state index in [0.717, 1.165) is 36.4 Å². The van der Waals surface area contributed by atoms with E-state index in [9.17, 15) is 0 Å². The number of likely N-dealkylation sites (N-methyl/N-ethyl adjacent to an activating group) is 1. The van der Waals surface area contributed by atoms with Crippen LogP contribution >= 0.6 is 0 Å². The summed E-state index contributed by atoms with van der Waals surface area (Å²) in [5, 5.41) is 8.42. The minimum atomic E-state index is 0.487. The van der Waals surface area contributed by atoms with Gasteiger partial charge >= 0.3 is 0 Å². The second-order valence-electron chi connectivity index (χ2n) is 4.65. The number of nitrogens with one attached hydrogen (secondary N) is 1. The molecular weight excluding hydrogens is 264 g/mol. The number of hydrogen-bond acceptors (Lipinski definition) is 3. The third-order valence-corrected chi connectivity index (χ3v) is 3.26. The van der Waals surface area contributed by atoms with Gasteiger partial charge in [-0.25, -0.2) is 0 Å². The van der Waals surface area contributed by atoms with Gasteiger partial charge in [-0.15, -0.1) is 0 Å². The minimum absolute atomic E-state index is 0.487. The van der Waals surface area contributed by atoms with E-state index in [1.807, 2.05) is 29.2 Å². The molecule has 1 aromatic carbocycles.